The van der Waals surface area contributed by atoms with E-state index in [-0.39, 0.29) is 20.2 Å². The molecule has 0 aliphatic heterocycles. The second kappa shape index (κ2) is 21.2. The quantitative estimate of drug-likeness (QED) is 0.308. The third kappa shape index (κ3) is 17.6. The van der Waals surface area contributed by atoms with Gasteiger partial charge in [-0.05, 0) is 32.1 Å². The van der Waals surface area contributed by atoms with Gasteiger partial charge in [0.1, 0.15) is 6.61 Å². The third-order valence-corrected chi connectivity index (χ3v) is 4.46. The van der Waals surface area contributed by atoms with Crippen LogP contribution < -0.4 is 5.32 Å². The first-order valence-electron chi connectivity index (χ1n) is 10.6. The van der Waals surface area contributed by atoms with Gasteiger partial charge in [-0.3, -0.25) is 0 Å². The van der Waals surface area contributed by atoms with Crippen molar-refractivity contribution in [2.45, 2.75) is 64.2 Å². The van der Waals surface area contributed by atoms with E-state index in [9.17, 15) is 4.79 Å². The van der Waals surface area contributed by atoms with Crippen molar-refractivity contribution in [2.24, 2.45) is 0 Å². The molecule has 0 atom stereocenters. The zero-order valence-electron chi connectivity index (χ0n) is 18.0. The fourth-order valence-corrected chi connectivity index (χ4v) is 2.83. The summed E-state index contributed by atoms with van der Waals surface area (Å²) < 4.78 is 26.5. The summed E-state index contributed by atoms with van der Waals surface area (Å²) in [6.07, 6.45) is 4.66. The Morgan fingerprint density at radius 3 is 1.71 bits per heavy atom. The molecule has 0 aromatic rings. The van der Waals surface area contributed by atoms with Crippen molar-refractivity contribution in [3.63, 3.8) is 0 Å². The Morgan fingerprint density at radius 2 is 1.25 bits per heavy atom. The van der Waals surface area contributed by atoms with E-state index in [0.29, 0.717) is 51.5 Å². The smallest absolute Gasteiger partial charge is 0.407 e. The molecule has 1 amide bonds. The number of rotatable bonds is 15. The average Bonchev–Trinajstić information content (AvgIpc) is 2.71. The molecule has 7 nitrogen and oxygen atoms in total. The fourth-order valence-electron chi connectivity index (χ4n) is 2.53. The summed E-state index contributed by atoms with van der Waals surface area (Å²) >= 11 is 4.45. The lowest BCUT2D eigenvalue weighted by atomic mass is 9.95. The molecule has 28 heavy (non-hydrogen) atoms. The standard InChI is InChI=1S/C18H35NO6S.C2H6.H2/c1-2-7-21-8-9-22-10-11-23-12-13-24-14-15-25-18(20)19-16-3-5-17(26)6-4-16;1-2;/h16-17,26H,2-15H2,1H3,(H,19,20);1-2H3;1H. The summed E-state index contributed by atoms with van der Waals surface area (Å²) in [4.78, 5) is 11.7. The number of hydrogen-bond acceptors (Lipinski definition) is 7. The van der Waals surface area contributed by atoms with E-state index in [4.69, 9.17) is 23.7 Å². The van der Waals surface area contributed by atoms with Crippen molar-refractivity contribution in [2.75, 3.05) is 59.5 Å². The number of carbonyl (C=O) groups excluding carboxylic acids is 1. The molecule has 0 radical (unpaired) electrons. The molecule has 1 aliphatic carbocycles. The Labute approximate surface area is 178 Å². The summed E-state index contributed by atoms with van der Waals surface area (Å²) in [5.74, 6) is 0. The molecule has 0 bridgehead atoms. The molecule has 0 aromatic carbocycles. The van der Waals surface area contributed by atoms with Gasteiger partial charge in [-0.15, -0.1) is 0 Å². The molecule has 1 N–H and O–H groups in total. The van der Waals surface area contributed by atoms with Crippen molar-refractivity contribution < 1.29 is 29.9 Å². The maximum atomic E-state index is 11.7. The molecular formula is C20H43NO6S. The Kier molecular flexibility index (Phi) is 20.8. The predicted octanol–water partition coefficient (Wildman–Crippen LogP) is 3.70. The zero-order chi connectivity index (χ0) is 20.9. The largest absolute Gasteiger partial charge is 0.447 e. The highest BCUT2D eigenvalue weighted by molar-refractivity contribution is 7.80. The fraction of sp³-hybridized carbons (Fsp3) is 0.950. The van der Waals surface area contributed by atoms with E-state index in [2.05, 4.69) is 24.9 Å². The molecule has 0 heterocycles. The molecule has 8 heteroatoms. The first kappa shape index (κ1) is 27.5. The van der Waals surface area contributed by atoms with Crippen LogP contribution in [0.3, 0.4) is 0 Å². The van der Waals surface area contributed by atoms with Gasteiger partial charge in [0, 0.05) is 19.3 Å². The molecule has 1 aliphatic rings. The van der Waals surface area contributed by atoms with Crippen molar-refractivity contribution in [3.05, 3.63) is 0 Å². The number of alkyl carbamates (subject to hydrolysis) is 1. The summed E-state index contributed by atoms with van der Waals surface area (Å²) in [7, 11) is 0. The molecule has 170 valence electrons. The Bertz CT molecular complexity index is 347. The van der Waals surface area contributed by atoms with Crippen molar-refractivity contribution >= 4 is 18.7 Å². The van der Waals surface area contributed by atoms with Gasteiger partial charge < -0.3 is 29.0 Å². The van der Waals surface area contributed by atoms with E-state index in [1.807, 2.05) is 13.8 Å². The molecule has 1 saturated carbocycles. The van der Waals surface area contributed by atoms with Gasteiger partial charge in [-0.1, -0.05) is 20.8 Å². The molecule has 0 spiro atoms. The van der Waals surface area contributed by atoms with Gasteiger partial charge in [-0.25, -0.2) is 4.79 Å². The summed E-state index contributed by atoms with van der Waals surface area (Å²) in [5, 5.41) is 3.35. The minimum absolute atomic E-state index is 0. The van der Waals surface area contributed by atoms with Crippen molar-refractivity contribution in [1.82, 2.24) is 5.32 Å². The summed E-state index contributed by atoms with van der Waals surface area (Å²) in [6, 6.07) is 0.209. The normalized spacial score (nSPS) is 18.9. The second-order valence-electron chi connectivity index (χ2n) is 6.24. The van der Waals surface area contributed by atoms with Crippen LogP contribution in [-0.4, -0.2) is 76.8 Å². The average molecular weight is 426 g/mol. The van der Waals surface area contributed by atoms with E-state index >= 15 is 0 Å². The highest BCUT2D eigenvalue weighted by atomic mass is 32.1. The SMILES string of the molecule is CC.CCCOCCOCCOCCOCCOC(=O)NC1CCC(S)CC1.[HH]. The number of amides is 1. The van der Waals surface area contributed by atoms with Gasteiger partial charge in [0.05, 0.1) is 46.2 Å². The van der Waals surface area contributed by atoms with Gasteiger partial charge in [0.15, 0.2) is 0 Å². The number of thiol groups is 1. The summed E-state index contributed by atoms with van der Waals surface area (Å²) in [5.41, 5.74) is 0. The lowest BCUT2D eigenvalue weighted by Crippen LogP contribution is -2.38. The Hall–Kier alpha value is -0.540. The van der Waals surface area contributed by atoms with E-state index in [1.165, 1.54) is 0 Å². The molecule has 1 fully saturated rings. The minimum Gasteiger partial charge on any atom is -0.447 e. The van der Waals surface area contributed by atoms with Crippen molar-refractivity contribution in [1.29, 1.82) is 0 Å². The van der Waals surface area contributed by atoms with Crippen LogP contribution in [0.15, 0.2) is 0 Å². The van der Waals surface area contributed by atoms with Gasteiger partial charge in [0.2, 0.25) is 0 Å². The highest BCUT2D eigenvalue weighted by Crippen LogP contribution is 2.22. The zero-order valence-corrected chi connectivity index (χ0v) is 18.8. The van der Waals surface area contributed by atoms with Gasteiger partial charge in [-0.2, -0.15) is 12.6 Å². The lowest BCUT2D eigenvalue weighted by molar-refractivity contribution is -0.00654. The molecular weight excluding hydrogens is 382 g/mol. The number of ether oxygens (including phenoxy) is 5. The lowest BCUT2D eigenvalue weighted by Gasteiger charge is -2.26. The number of carbonyl (C=O) groups is 1. The van der Waals surface area contributed by atoms with Crippen LogP contribution in [0, 0.1) is 0 Å². The van der Waals surface area contributed by atoms with Crippen molar-refractivity contribution in [3.8, 4) is 0 Å². The first-order valence-corrected chi connectivity index (χ1v) is 11.2. The van der Waals surface area contributed by atoms with Gasteiger partial charge in [0.25, 0.3) is 0 Å². The van der Waals surface area contributed by atoms with Crippen LogP contribution in [0.2, 0.25) is 0 Å². The number of hydrogen-bond donors (Lipinski definition) is 2. The maximum Gasteiger partial charge on any atom is 0.407 e. The van der Waals surface area contributed by atoms with Gasteiger partial charge >= 0.3 is 6.09 Å². The van der Waals surface area contributed by atoms with Crippen LogP contribution >= 0.6 is 12.6 Å². The monoisotopic (exact) mass is 425 g/mol. The minimum atomic E-state index is -0.368. The van der Waals surface area contributed by atoms with Crippen LogP contribution in [0.5, 0.6) is 0 Å². The molecule has 1 rings (SSSR count). The van der Waals surface area contributed by atoms with Crippen LogP contribution in [0.25, 0.3) is 0 Å². The Balaban J connectivity index is 0. The molecule has 0 unspecified atom stereocenters. The molecule has 0 aromatic heterocycles. The van der Waals surface area contributed by atoms with E-state index in [1.54, 1.807) is 0 Å². The highest BCUT2D eigenvalue weighted by Gasteiger charge is 2.20. The van der Waals surface area contributed by atoms with Crippen LogP contribution in [0.1, 0.15) is 54.3 Å². The summed E-state index contributed by atoms with van der Waals surface area (Å²) in [6.45, 7) is 10.7. The van der Waals surface area contributed by atoms with Crippen LogP contribution in [-0.2, 0) is 23.7 Å². The first-order chi connectivity index (χ1) is 13.7. The second-order valence-corrected chi connectivity index (χ2v) is 6.97. The topological polar surface area (TPSA) is 75.2 Å². The number of nitrogens with one attached hydrogen (secondary N) is 1. The van der Waals surface area contributed by atoms with Crippen LogP contribution in [0.4, 0.5) is 4.79 Å². The third-order valence-electron chi connectivity index (χ3n) is 3.94. The Morgan fingerprint density at radius 1 is 0.821 bits per heavy atom. The van der Waals surface area contributed by atoms with E-state index in [0.717, 1.165) is 38.7 Å². The molecule has 0 saturated heterocycles. The maximum absolute atomic E-state index is 11.7. The van der Waals surface area contributed by atoms with E-state index < -0.39 is 0 Å². The predicted molar refractivity (Wildman–Crippen MR) is 117 cm³/mol.